The van der Waals surface area contributed by atoms with Crippen LogP contribution in [0.1, 0.15) is 0 Å². The van der Waals surface area contributed by atoms with Gasteiger partial charge in [0.2, 0.25) is 0 Å². The van der Waals surface area contributed by atoms with Crippen molar-refractivity contribution in [2.45, 2.75) is 0 Å². The van der Waals surface area contributed by atoms with Crippen molar-refractivity contribution in [2.24, 2.45) is 0 Å². The molecule has 4 aromatic carbocycles. The average molecular weight is 566 g/mol. The number of hydrogen-bond donors (Lipinski definition) is 0. The van der Waals surface area contributed by atoms with E-state index < -0.39 is 0 Å². The van der Waals surface area contributed by atoms with Crippen LogP contribution < -0.4 is 0 Å². The van der Waals surface area contributed by atoms with Crippen LogP contribution in [-0.4, -0.2) is 34.9 Å². The zero-order valence-electron chi connectivity index (χ0n) is 20.9. The number of aromatic nitrogens is 4. The summed E-state index contributed by atoms with van der Waals surface area (Å²) in [6.45, 7) is 0. The van der Waals surface area contributed by atoms with Crippen LogP contribution in [0.25, 0.3) is 64.4 Å². The van der Waals surface area contributed by atoms with Gasteiger partial charge in [-0.2, -0.15) is 0 Å². The van der Waals surface area contributed by atoms with Crippen molar-refractivity contribution < 1.29 is 0 Å². The molecule has 7 aromatic rings. The molecule has 0 saturated carbocycles. The van der Waals surface area contributed by atoms with Gasteiger partial charge in [-0.25, -0.2) is 0 Å². The van der Waals surface area contributed by atoms with Crippen LogP contribution in [0.4, 0.5) is 0 Å². The molecule has 0 aliphatic heterocycles. The Morgan fingerprint density at radius 2 is 1.15 bits per heavy atom. The van der Waals surface area contributed by atoms with E-state index in [9.17, 15) is 0 Å². The summed E-state index contributed by atoms with van der Waals surface area (Å²) in [5.74, 6) is 0. The van der Waals surface area contributed by atoms with Gasteiger partial charge in [0, 0.05) is 0 Å². The monoisotopic (exact) mass is 566 g/mol. The third-order valence-electron chi connectivity index (χ3n) is 6.86. The molecule has 39 heavy (non-hydrogen) atoms. The molecule has 0 saturated heterocycles. The Morgan fingerprint density at radius 3 is 1.82 bits per heavy atom. The first-order chi connectivity index (χ1) is 19.4. The van der Waals surface area contributed by atoms with E-state index in [0.717, 1.165) is 39.2 Å². The van der Waals surface area contributed by atoms with E-state index in [-0.39, 0.29) is 14.5 Å². The summed E-state index contributed by atoms with van der Waals surface area (Å²) in [6, 6.07) is 42.3. The molecule has 0 fully saturated rings. The van der Waals surface area contributed by atoms with Gasteiger partial charge in [-0.15, -0.1) is 0 Å². The van der Waals surface area contributed by atoms with Crippen LogP contribution in [0.15, 0.2) is 134 Å². The number of hydrogen-bond acceptors (Lipinski definition) is 4. The van der Waals surface area contributed by atoms with Crippen molar-refractivity contribution in [3.8, 4) is 54.8 Å². The van der Waals surface area contributed by atoms with Crippen LogP contribution in [0.5, 0.6) is 0 Å². The SMILES string of the molecule is c1ccc(-c2cnc(-c3[se]c4ccccc4c3-c3ccccc3)c(-c3ccnnn3)c2-c2ccccc2)cc1. The summed E-state index contributed by atoms with van der Waals surface area (Å²) in [4.78, 5) is 5.23. The number of rotatable bonds is 5. The summed E-state index contributed by atoms with van der Waals surface area (Å²) >= 11 is 0.0617. The first-order valence-electron chi connectivity index (χ1n) is 12.7. The number of fused-ring (bicyclic) bond motifs is 1. The Balaban J connectivity index is 1.63. The van der Waals surface area contributed by atoms with Crippen molar-refractivity contribution in [1.29, 1.82) is 0 Å². The van der Waals surface area contributed by atoms with Crippen LogP contribution in [0.3, 0.4) is 0 Å². The van der Waals surface area contributed by atoms with Crippen LogP contribution in [0, 0.1) is 0 Å². The van der Waals surface area contributed by atoms with Gasteiger partial charge in [-0.1, -0.05) is 0 Å². The molecule has 0 spiro atoms. The zero-order chi connectivity index (χ0) is 26.0. The Hall–Kier alpha value is -4.70. The summed E-state index contributed by atoms with van der Waals surface area (Å²) in [5.41, 5.74) is 9.50. The topological polar surface area (TPSA) is 51.6 Å². The van der Waals surface area contributed by atoms with Gasteiger partial charge in [-0.05, 0) is 0 Å². The Labute approximate surface area is 232 Å². The Morgan fingerprint density at radius 1 is 0.538 bits per heavy atom. The van der Waals surface area contributed by atoms with Crippen molar-refractivity contribution in [1.82, 2.24) is 20.4 Å². The fourth-order valence-corrected chi connectivity index (χ4v) is 7.73. The Bertz CT molecular complexity index is 1880. The molecule has 3 heterocycles. The fourth-order valence-electron chi connectivity index (χ4n) is 5.15. The van der Waals surface area contributed by atoms with E-state index in [1.807, 2.05) is 24.4 Å². The minimum atomic E-state index is 0.0617. The van der Waals surface area contributed by atoms with Crippen molar-refractivity contribution >= 4 is 24.1 Å². The van der Waals surface area contributed by atoms with E-state index in [1.54, 1.807) is 6.20 Å². The van der Waals surface area contributed by atoms with Gasteiger partial charge < -0.3 is 0 Å². The summed E-state index contributed by atoms with van der Waals surface area (Å²) in [5, 5.41) is 13.8. The standard InChI is InChI=1S/C34H22N4Se/c1-4-12-23(13-5-1)27-22-35-33(32(28-20-21-36-38-37-28)30(27)24-14-6-2-7-15-24)34-31(25-16-8-3-9-17-25)26-18-10-11-19-29(26)39-34/h1-22H. The van der Waals surface area contributed by atoms with Crippen LogP contribution in [0.2, 0.25) is 0 Å². The first kappa shape index (κ1) is 23.4. The third-order valence-corrected chi connectivity index (χ3v) is 9.33. The quantitative estimate of drug-likeness (QED) is 0.200. The molecule has 0 aliphatic carbocycles. The fraction of sp³-hybridized carbons (Fsp3) is 0. The molecule has 0 radical (unpaired) electrons. The van der Waals surface area contributed by atoms with Crippen LogP contribution >= 0.6 is 0 Å². The summed E-state index contributed by atoms with van der Waals surface area (Å²) < 4.78 is 2.61. The summed E-state index contributed by atoms with van der Waals surface area (Å²) in [7, 11) is 0. The van der Waals surface area contributed by atoms with E-state index in [1.165, 1.54) is 25.2 Å². The molecular formula is C34H22N4Se. The molecule has 4 nitrogen and oxygen atoms in total. The normalized spacial score (nSPS) is 11.1. The molecule has 3 aromatic heterocycles. The van der Waals surface area contributed by atoms with Crippen molar-refractivity contribution in [3.63, 3.8) is 0 Å². The molecule has 5 heteroatoms. The van der Waals surface area contributed by atoms with E-state index in [2.05, 4.69) is 119 Å². The molecule has 0 bridgehead atoms. The number of pyridine rings is 1. The van der Waals surface area contributed by atoms with Crippen molar-refractivity contribution in [2.75, 3.05) is 0 Å². The minimum absolute atomic E-state index is 0.0617. The average Bonchev–Trinajstić information content (AvgIpc) is 3.41. The molecule has 184 valence electrons. The van der Waals surface area contributed by atoms with Crippen molar-refractivity contribution in [3.05, 3.63) is 134 Å². The van der Waals surface area contributed by atoms with E-state index in [4.69, 9.17) is 4.98 Å². The van der Waals surface area contributed by atoms with E-state index in [0.29, 0.717) is 0 Å². The molecule has 0 atom stereocenters. The van der Waals surface area contributed by atoms with Gasteiger partial charge in [0.1, 0.15) is 0 Å². The van der Waals surface area contributed by atoms with Gasteiger partial charge in [0.25, 0.3) is 0 Å². The third kappa shape index (κ3) is 4.28. The predicted octanol–water partition coefficient (Wildman–Crippen LogP) is 7.81. The maximum atomic E-state index is 5.23. The molecule has 7 rings (SSSR count). The van der Waals surface area contributed by atoms with Gasteiger partial charge in [-0.3, -0.25) is 0 Å². The van der Waals surface area contributed by atoms with Gasteiger partial charge >= 0.3 is 233 Å². The second-order valence-electron chi connectivity index (χ2n) is 9.18. The molecule has 0 unspecified atom stereocenters. The number of nitrogens with zero attached hydrogens (tertiary/aromatic N) is 4. The summed E-state index contributed by atoms with van der Waals surface area (Å²) in [6.07, 6.45) is 3.73. The van der Waals surface area contributed by atoms with Gasteiger partial charge in [0.15, 0.2) is 0 Å². The molecule has 0 amide bonds. The van der Waals surface area contributed by atoms with Gasteiger partial charge in [0.05, 0.1) is 0 Å². The Kier molecular flexibility index (Phi) is 6.14. The second-order valence-corrected chi connectivity index (χ2v) is 11.4. The zero-order valence-corrected chi connectivity index (χ0v) is 22.6. The van der Waals surface area contributed by atoms with E-state index >= 15 is 0 Å². The predicted molar refractivity (Wildman–Crippen MR) is 159 cm³/mol. The molecule has 0 aliphatic rings. The second kappa shape index (κ2) is 10.2. The first-order valence-corrected chi connectivity index (χ1v) is 14.5. The molecule has 0 N–H and O–H groups in total. The maximum absolute atomic E-state index is 5.23. The van der Waals surface area contributed by atoms with Crippen LogP contribution in [-0.2, 0) is 0 Å². The molecular weight excluding hydrogens is 543 g/mol. The number of benzene rings is 4.